The summed E-state index contributed by atoms with van der Waals surface area (Å²) in [4.78, 5) is 11.4. The Morgan fingerprint density at radius 2 is 1.54 bits per heavy atom. The molecule has 1 rings (SSSR count). The molecular weight excluding hydrogens is 340 g/mol. The summed E-state index contributed by atoms with van der Waals surface area (Å²) in [6.45, 7) is 21.4. The molecule has 0 aliphatic carbocycles. The third-order valence-corrected chi connectivity index (χ3v) is 5.13. The molecule has 0 bridgehead atoms. The molecule has 28 heavy (non-hydrogen) atoms. The van der Waals surface area contributed by atoms with Gasteiger partial charge >= 0.3 is 0 Å². The molecule has 0 amide bonds. The molecule has 0 aromatic heterocycles. The van der Waals surface area contributed by atoms with Gasteiger partial charge in [0, 0.05) is 12.3 Å². The van der Waals surface area contributed by atoms with Crippen LogP contribution < -0.4 is 0 Å². The van der Waals surface area contributed by atoms with Crippen molar-refractivity contribution in [1.29, 1.82) is 0 Å². The normalized spacial score (nSPS) is 11.4. The molecule has 0 saturated heterocycles. The van der Waals surface area contributed by atoms with Gasteiger partial charge in [0.05, 0.1) is 0 Å². The van der Waals surface area contributed by atoms with Gasteiger partial charge in [-0.05, 0) is 42.7 Å². The summed E-state index contributed by atoms with van der Waals surface area (Å²) < 4.78 is 0. The van der Waals surface area contributed by atoms with Gasteiger partial charge in [-0.1, -0.05) is 112 Å². The number of carbonyl (C=O) groups is 1. The quantitative estimate of drug-likeness (QED) is 0.364. The van der Waals surface area contributed by atoms with Crippen molar-refractivity contribution >= 4 is 5.78 Å². The highest BCUT2D eigenvalue weighted by Crippen LogP contribution is 2.21. The topological polar surface area (TPSA) is 17.1 Å². The highest BCUT2D eigenvalue weighted by molar-refractivity contribution is 5.80. The largest absolute Gasteiger partial charge is 0.299 e. The Kier molecular flexibility index (Phi) is 18.7. The highest BCUT2D eigenvalue weighted by Gasteiger charge is 2.09. The van der Waals surface area contributed by atoms with E-state index in [1.807, 2.05) is 27.7 Å². The van der Waals surface area contributed by atoms with Gasteiger partial charge in [-0.2, -0.15) is 0 Å². The first kappa shape index (κ1) is 29.1. The molecule has 0 radical (unpaired) electrons. The highest BCUT2D eigenvalue weighted by atomic mass is 16.1. The first-order valence-electron chi connectivity index (χ1n) is 11.8. The van der Waals surface area contributed by atoms with Crippen LogP contribution in [-0.4, -0.2) is 5.78 Å². The van der Waals surface area contributed by atoms with Crippen molar-refractivity contribution < 1.29 is 4.79 Å². The summed E-state index contributed by atoms with van der Waals surface area (Å²) in [5.74, 6) is 2.02. The number of hydrogen-bond acceptors (Lipinski definition) is 1. The van der Waals surface area contributed by atoms with Crippen molar-refractivity contribution in [3.63, 3.8) is 0 Å². The summed E-state index contributed by atoms with van der Waals surface area (Å²) in [6, 6.07) is 6.77. The summed E-state index contributed by atoms with van der Waals surface area (Å²) in [5.41, 5.74) is 4.38. The predicted molar refractivity (Wildman–Crippen MR) is 128 cm³/mol. The first-order chi connectivity index (χ1) is 13.2. The van der Waals surface area contributed by atoms with E-state index in [0.29, 0.717) is 11.7 Å². The van der Waals surface area contributed by atoms with Crippen molar-refractivity contribution in [3.05, 3.63) is 34.9 Å². The molecule has 1 aromatic rings. The zero-order valence-electron chi connectivity index (χ0n) is 20.8. The second kappa shape index (κ2) is 18.0. The number of hydrogen-bond donors (Lipinski definition) is 0. The minimum atomic E-state index is 0.220. The van der Waals surface area contributed by atoms with Gasteiger partial charge in [-0.3, -0.25) is 4.79 Å². The molecular formula is C27H50O. The van der Waals surface area contributed by atoms with Crippen molar-refractivity contribution in [1.82, 2.24) is 0 Å². The third-order valence-electron chi connectivity index (χ3n) is 5.13. The lowest BCUT2D eigenvalue weighted by molar-refractivity contribution is -0.122. The average molecular weight is 391 g/mol. The number of benzene rings is 1. The fourth-order valence-corrected chi connectivity index (χ4v) is 3.17. The van der Waals surface area contributed by atoms with Crippen LogP contribution in [0.5, 0.6) is 0 Å². The van der Waals surface area contributed by atoms with E-state index in [-0.39, 0.29) is 5.92 Å². The Labute approximate surface area is 177 Å². The number of ketones is 1. The number of unbranched alkanes of at least 4 members (excludes halogenated alkanes) is 2. The number of Topliss-reactive ketones (excluding diaryl/α,β-unsaturated/α-hetero) is 1. The molecule has 0 N–H and O–H groups in total. The maximum atomic E-state index is 11.4. The van der Waals surface area contributed by atoms with Gasteiger partial charge in [-0.25, -0.2) is 0 Å². The van der Waals surface area contributed by atoms with Crippen LogP contribution in [-0.2, 0) is 11.2 Å². The lowest BCUT2D eigenvalue weighted by atomic mass is 9.94. The Hall–Kier alpha value is -1.11. The molecule has 1 aromatic carbocycles. The molecule has 1 atom stereocenters. The van der Waals surface area contributed by atoms with Crippen LogP contribution in [0.4, 0.5) is 0 Å². The standard InChI is InChI=1S/C13H26O.C12H18.C2H6/c1-5-6-7-8-12(4)9-10-13(14)11(2)3;1-5-11-8-10(4)6-7-12(11)9(2)3;1-2/h11-12H,5-10H2,1-4H3;6-9H,5H2,1-4H3;1-2H3. The third kappa shape index (κ3) is 14.0. The lowest BCUT2D eigenvalue weighted by Crippen LogP contribution is -2.08. The minimum absolute atomic E-state index is 0.220. The van der Waals surface area contributed by atoms with Gasteiger partial charge in [-0.15, -0.1) is 0 Å². The fraction of sp³-hybridized carbons (Fsp3) is 0.741. The number of carbonyl (C=O) groups excluding carboxylic acids is 1. The smallest absolute Gasteiger partial charge is 0.135 e. The molecule has 0 heterocycles. The van der Waals surface area contributed by atoms with Gasteiger partial charge in [0.2, 0.25) is 0 Å². The molecule has 1 unspecified atom stereocenters. The Morgan fingerprint density at radius 3 is 2.00 bits per heavy atom. The van der Waals surface area contributed by atoms with E-state index < -0.39 is 0 Å². The van der Waals surface area contributed by atoms with E-state index in [9.17, 15) is 4.79 Å². The van der Waals surface area contributed by atoms with Gasteiger partial charge in [0.25, 0.3) is 0 Å². The van der Waals surface area contributed by atoms with Crippen molar-refractivity contribution in [2.45, 2.75) is 120 Å². The van der Waals surface area contributed by atoms with Crippen LogP contribution in [0.25, 0.3) is 0 Å². The number of rotatable bonds is 10. The van der Waals surface area contributed by atoms with Crippen LogP contribution >= 0.6 is 0 Å². The molecule has 0 fully saturated rings. The van der Waals surface area contributed by atoms with E-state index in [4.69, 9.17) is 0 Å². The second-order valence-corrected chi connectivity index (χ2v) is 8.47. The SMILES string of the molecule is CC.CCCCCC(C)CCC(=O)C(C)C.CCc1cc(C)ccc1C(C)C. The molecule has 1 heteroatoms. The van der Waals surface area contributed by atoms with E-state index in [0.717, 1.165) is 25.2 Å². The van der Waals surface area contributed by atoms with Gasteiger partial charge < -0.3 is 0 Å². The zero-order valence-corrected chi connectivity index (χ0v) is 20.8. The lowest BCUT2D eigenvalue weighted by Gasteiger charge is -2.11. The van der Waals surface area contributed by atoms with Crippen LogP contribution in [0.1, 0.15) is 123 Å². The van der Waals surface area contributed by atoms with Crippen LogP contribution in [0.3, 0.4) is 0 Å². The Morgan fingerprint density at radius 1 is 0.929 bits per heavy atom. The molecule has 0 aliphatic heterocycles. The monoisotopic (exact) mass is 390 g/mol. The molecule has 164 valence electrons. The molecule has 0 saturated carbocycles. The van der Waals surface area contributed by atoms with Crippen molar-refractivity contribution in [3.8, 4) is 0 Å². The van der Waals surface area contributed by atoms with E-state index >= 15 is 0 Å². The van der Waals surface area contributed by atoms with Crippen molar-refractivity contribution in [2.75, 3.05) is 0 Å². The van der Waals surface area contributed by atoms with Crippen molar-refractivity contribution in [2.24, 2.45) is 11.8 Å². The van der Waals surface area contributed by atoms with E-state index in [2.05, 4.69) is 59.7 Å². The molecule has 1 nitrogen and oxygen atoms in total. The van der Waals surface area contributed by atoms with Gasteiger partial charge in [0.15, 0.2) is 0 Å². The molecule has 0 aliphatic rings. The second-order valence-electron chi connectivity index (χ2n) is 8.47. The van der Waals surface area contributed by atoms with E-state index in [1.165, 1.54) is 42.4 Å². The first-order valence-corrected chi connectivity index (χ1v) is 11.8. The average Bonchev–Trinajstić information content (AvgIpc) is 2.67. The summed E-state index contributed by atoms with van der Waals surface area (Å²) in [6.07, 6.45) is 8.26. The van der Waals surface area contributed by atoms with Crippen LogP contribution in [0.2, 0.25) is 0 Å². The maximum absolute atomic E-state index is 11.4. The summed E-state index contributed by atoms with van der Waals surface area (Å²) >= 11 is 0. The zero-order chi connectivity index (χ0) is 22.1. The fourth-order valence-electron chi connectivity index (χ4n) is 3.17. The predicted octanol–water partition coefficient (Wildman–Crippen LogP) is 8.92. The maximum Gasteiger partial charge on any atom is 0.135 e. The minimum Gasteiger partial charge on any atom is -0.299 e. The van der Waals surface area contributed by atoms with Crippen LogP contribution in [0.15, 0.2) is 18.2 Å². The van der Waals surface area contributed by atoms with E-state index in [1.54, 1.807) is 0 Å². The molecule has 0 spiro atoms. The number of aryl methyl sites for hydroxylation is 2. The van der Waals surface area contributed by atoms with Crippen LogP contribution in [0, 0.1) is 18.8 Å². The Balaban J connectivity index is 0. The Bertz CT molecular complexity index is 499. The summed E-state index contributed by atoms with van der Waals surface area (Å²) in [7, 11) is 0. The summed E-state index contributed by atoms with van der Waals surface area (Å²) in [5, 5.41) is 0. The van der Waals surface area contributed by atoms with Gasteiger partial charge in [0.1, 0.15) is 5.78 Å².